The molecule has 0 aliphatic carbocycles. The molecule has 0 aromatic carbocycles. The smallest absolute Gasteiger partial charge is 0.0738 e. The van der Waals surface area contributed by atoms with Crippen LogP contribution in [0.5, 0.6) is 0 Å². The largest absolute Gasteiger partial charge is 0.330 e. The number of nitrogens with zero attached hydrogens (tertiary/aromatic N) is 3. The maximum atomic E-state index is 5.38. The highest BCUT2D eigenvalue weighted by atomic mass is 15.4. The van der Waals surface area contributed by atoms with Crippen LogP contribution in [0.3, 0.4) is 0 Å². The Balaban J connectivity index is 2.10. The summed E-state index contributed by atoms with van der Waals surface area (Å²) < 4.78 is 1.77. The van der Waals surface area contributed by atoms with Gasteiger partial charge in [-0.05, 0) is 25.9 Å². The third-order valence-corrected chi connectivity index (χ3v) is 1.92. The molecule has 0 aliphatic rings. The van der Waals surface area contributed by atoms with Crippen LogP contribution in [0.15, 0.2) is 6.20 Å². The Morgan fingerprint density at radius 3 is 3.00 bits per heavy atom. The fourth-order valence-corrected chi connectivity index (χ4v) is 1.08. The summed E-state index contributed by atoms with van der Waals surface area (Å²) in [6, 6.07) is 0. The minimum absolute atomic E-state index is 0.773. The summed E-state index contributed by atoms with van der Waals surface area (Å²) in [5, 5.41) is 10.9. The van der Waals surface area contributed by atoms with Crippen molar-refractivity contribution >= 4 is 0 Å². The highest BCUT2D eigenvalue weighted by Crippen LogP contribution is 1.92. The van der Waals surface area contributed by atoms with E-state index in [9.17, 15) is 0 Å². The molecule has 0 aliphatic heterocycles. The summed E-state index contributed by atoms with van der Waals surface area (Å²) in [4.78, 5) is 0. The molecule has 0 radical (unpaired) electrons. The van der Waals surface area contributed by atoms with Gasteiger partial charge in [-0.25, -0.2) is 0 Å². The fourth-order valence-electron chi connectivity index (χ4n) is 1.08. The lowest BCUT2D eigenvalue weighted by molar-refractivity contribution is 0.591. The van der Waals surface area contributed by atoms with Gasteiger partial charge in [-0.2, -0.15) is 0 Å². The Kier molecular flexibility index (Phi) is 4.42. The highest BCUT2D eigenvalue weighted by molar-refractivity contribution is 4.91. The van der Waals surface area contributed by atoms with Crippen molar-refractivity contribution in [3.8, 4) is 0 Å². The van der Waals surface area contributed by atoms with Crippen LogP contribution in [-0.2, 0) is 13.6 Å². The normalized spacial score (nSPS) is 10.6. The molecule has 13 heavy (non-hydrogen) atoms. The number of rotatable bonds is 6. The van der Waals surface area contributed by atoms with Gasteiger partial charge in [-0.3, -0.25) is 4.68 Å². The van der Waals surface area contributed by atoms with E-state index in [0.29, 0.717) is 0 Å². The van der Waals surface area contributed by atoms with Gasteiger partial charge in [0.1, 0.15) is 0 Å². The lowest BCUT2D eigenvalue weighted by atomic mass is 10.3. The zero-order valence-corrected chi connectivity index (χ0v) is 8.03. The first-order valence-electron chi connectivity index (χ1n) is 4.59. The second kappa shape index (κ2) is 5.66. The van der Waals surface area contributed by atoms with Crippen LogP contribution in [0.25, 0.3) is 0 Å². The molecule has 1 aromatic rings. The quantitative estimate of drug-likeness (QED) is 0.591. The molecule has 0 fully saturated rings. The Bertz CT molecular complexity index is 232. The molecule has 3 N–H and O–H groups in total. The van der Waals surface area contributed by atoms with E-state index in [0.717, 1.165) is 38.2 Å². The van der Waals surface area contributed by atoms with Crippen molar-refractivity contribution < 1.29 is 0 Å². The van der Waals surface area contributed by atoms with Crippen LogP contribution in [0, 0.1) is 0 Å². The number of nitrogens with one attached hydrogen (secondary N) is 1. The second-order valence-corrected chi connectivity index (χ2v) is 3.02. The molecule has 1 rings (SSSR count). The van der Waals surface area contributed by atoms with Crippen molar-refractivity contribution in [3.63, 3.8) is 0 Å². The highest BCUT2D eigenvalue weighted by Gasteiger charge is 1.97. The van der Waals surface area contributed by atoms with Crippen molar-refractivity contribution in [1.82, 2.24) is 20.3 Å². The molecule has 1 heterocycles. The summed E-state index contributed by atoms with van der Waals surface area (Å²) in [5.41, 5.74) is 6.48. The predicted molar refractivity (Wildman–Crippen MR) is 51.0 cm³/mol. The predicted octanol–water partition coefficient (Wildman–Crippen LogP) is -0.356. The Hall–Kier alpha value is -0.940. The van der Waals surface area contributed by atoms with Gasteiger partial charge in [0.2, 0.25) is 0 Å². The molecule has 5 heteroatoms. The van der Waals surface area contributed by atoms with Crippen molar-refractivity contribution in [2.75, 3.05) is 13.1 Å². The third kappa shape index (κ3) is 3.52. The number of nitrogens with two attached hydrogens (primary N) is 1. The fraction of sp³-hybridized carbons (Fsp3) is 0.750. The van der Waals surface area contributed by atoms with Gasteiger partial charge >= 0.3 is 0 Å². The molecule has 0 saturated carbocycles. The van der Waals surface area contributed by atoms with E-state index in [1.807, 2.05) is 7.05 Å². The van der Waals surface area contributed by atoms with Gasteiger partial charge in [-0.15, -0.1) is 5.10 Å². The minimum atomic E-state index is 0.773. The first-order valence-corrected chi connectivity index (χ1v) is 4.59. The average Bonchev–Trinajstić information content (AvgIpc) is 2.52. The molecule has 74 valence electrons. The first-order chi connectivity index (χ1) is 6.34. The molecule has 5 nitrogen and oxygen atoms in total. The molecule has 0 spiro atoms. The Labute approximate surface area is 78.3 Å². The molecule has 0 atom stereocenters. The molecule has 0 unspecified atom stereocenters. The minimum Gasteiger partial charge on any atom is -0.330 e. The van der Waals surface area contributed by atoms with E-state index in [1.54, 1.807) is 10.9 Å². The van der Waals surface area contributed by atoms with Gasteiger partial charge in [0.25, 0.3) is 0 Å². The van der Waals surface area contributed by atoms with Crippen molar-refractivity contribution in [2.45, 2.75) is 19.4 Å². The van der Waals surface area contributed by atoms with Crippen LogP contribution in [0.4, 0.5) is 0 Å². The van der Waals surface area contributed by atoms with Crippen LogP contribution >= 0.6 is 0 Å². The maximum Gasteiger partial charge on any atom is 0.0738 e. The number of aromatic nitrogens is 3. The lowest BCUT2D eigenvalue weighted by Gasteiger charge is -2.03. The zero-order chi connectivity index (χ0) is 9.52. The van der Waals surface area contributed by atoms with Gasteiger partial charge in [-0.1, -0.05) is 5.21 Å². The number of aryl methyl sites for hydroxylation is 1. The summed E-state index contributed by atoms with van der Waals surface area (Å²) in [7, 11) is 1.89. The first kappa shape index (κ1) is 10.1. The van der Waals surface area contributed by atoms with E-state index in [-0.39, 0.29) is 0 Å². The Morgan fingerprint density at radius 1 is 1.54 bits per heavy atom. The number of unbranched alkanes of at least 4 members (excludes halogenated alkanes) is 1. The van der Waals surface area contributed by atoms with Crippen LogP contribution in [0.1, 0.15) is 18.5 Å². The monoisotopic (exact) mass is 183 g/mol. The second-order valence-electron chi connectivity index (χ2n) is 3.02. The SMILES string of the molecule is Cn1nncc1CNCCCCN. The summed E-state index contributed by atoms with van der Waals surface area (Å²) >= 11 is 0. The van der Waals surface area contributed by atoms with Gasteiger partial charge in [0.15, 0.2) is 0 Å². The summed E-state index contributed by atoms with van der Waals surface area (Å²) in [5.74, 6) is 0. The maximum absolute atomic E-state index is 5.38. The molecule has 0 saturated heterocycles. The topological polar surface area (TPSA) is 68.8 Å². The van der Waals surface area contributed by atoms with E-state index in [1.165, 1.54) is 0 Å². The average molecular weight is 183 g/mol. The third-order valence-electron chi connectivity index (χ3n) is 1.92. The molecule has 1 aromatic heterocycles. The summed E-state index contributed by atoms with van der Waals surface area (Å²) in [6.45, 7) is 2.60. The lowest BCUT2D eigenvalue weighted by Crippen LogP contribution is -2.17. The molecule has 0 bridgehead atoms. The van der Waals surface area contributed by atoms with Crippen LogP contribution < -0.4 is 11.1 Å². The van der Waals surface area contributed by atoms with E-state index in [4.69, 9.17) is 5.73 Å². The summed E-state index contributed by atoms with van der Waals surface area (Å²) in [6.07, 6.45) is 3.98. The van der Waals surface area contributed by atoms with Crippen molar-refractivity contribution in [3.05, 3.63) is 11.9 Å². The van der Waals surface area contributed by atoms with Crippen LogP contribution in [0.2, 0.25) is 0 Å². The van der Waals surface area contributed by atoms with E-state index in [2.05, 4.69) is 15.6 Å². The number of hydrogen-bond donors (Lipinski definition) is 2. The Morgan fingerprint density at radius 2 is 2.38 bits per heavy atom. The van der Waals surface area contributed by atoms with Gasteiger partial charge in [0.05, 0.1) is 11.9 Å². The van der Waals surface area contributed by atoms with Gasteiger partial charge in [0, 0.05) is 13.6 Å². The molecule has 0 amide bonds. The van der Waals surface area contributed by atoms with Crippen LogP contribution in [-0.4, -0.2) is 28.1 Å². The van der Waals surface area contributed by atoms with Crippen molar-refractivity contribution in [2.24, 2.45) is 12.8 Å². The van der Waals surface area contributed by atoms with E-state index < -0.39 is 0 Å². The molecular weight excluding hydrogens is 166 g/mol. The van der Waals surface area contributed by atoms with Gasteiger partial charge < -0.3 is 11.1 Å². The molecular formula is C8H17N5. The van der Waals surface area contributed by atoms with E-state index >= 15 is 0 Å². The zero-order valence-electron chi connectivity index (χ0n) is 8.03. The standard InChI is InChI=1S/C8H17N5/c1-13-8(7-11-12-13)6-10-5-3-2-4-9/h7,10H,2-6,9H2,1H3. The van der Waals surface area contributed by atoms with Crippen molar-refractivity contribution in [1.29, 1.82) is 0 Å². The number of hydrogen-bond acceptors (Lipinski definition) is 4.